The molecule has 0 aromatic rings. The maximum Gasteiger partial charge on any atom is 0.395 e. The van der Waals surface area contributed by atoms with Crippen molar-refractivity contribution in [3.05, 3.63) is 11.8 Å². The van der Waals surface area contributed by atoms with Crippen LogP contribution in [0.15, 0.2) is 11.8 Å². The number of rotatable bonds is 0. The zero-order chi connectivity index (χ0) is 8.48. The Morgan fingerprint density at radius 2 is 2.09 bits per heavy atom. The predicted molar refractivity (Wildman–Crippen MR) is 34.1 cm³/mol. The van der Waals surface area contributed by atoms with Gasteiger partial charge in [-0.25, -0.2) is 0 Å². The standard InChI is InChI=1S/C7H9F3O/c8-7(9,10)5-2-1-3-6(11)4-5/h4-5,11H,1-3H2. The predicted octanol–water partition coefficient (Wildman–Crippen LogP) is 2.79. The minimum Gasteiger partial charge on any atom is -0.513 e. The second-order valence-electron chi connectivity index (χ2n) is 2.70. The first-order valence-electron chi connectivity index (χ1n) is 3.46. The maximum atomic E-state index is 12.0. The van der Waals surface area contributed by atoms with E-state index in [1.165, 1.54) is 0 Å². The summed E-state index contributed by atoms with van der Waals surface area (Å²) in [6.45, 7) is 0. The van der Waals surface area contributed by atoms with E-state index in [0.29, 0.717) is 12.8 Å². The molecule has 0 amide bonds. The summed E-state index contributed by atoms with van der Waals surface area (Å²) >= 11 is 0. The molecule has 0 saturated heterocycles. The molecule has 0 aliphatic heterocycles. The van der Waals surface area contributed by atoms with Crippen LogP contribution in [0, 0.1) is 5.92 Å². The lowest BCUT2D eigenvalue weighted by Gasteiger charge is -2.20. The van der Waals surface area contributed by atoms with E-state index in [9.17, 15) is 13.2 Å². The lowest BCUT2D eigenvalue weighted by Crippen LogP contribution is -2.23. The molecule has 1 nitrogen and oxygen atoms in total. The first-order chi connectivity index (χ1) is 5.00. The summed E-state index contributed by atoms with van der Waals surface area (Å²) in [5, 5.41) is 8.80. The number of halogens is 3. The quantitative estimate of drug-likeness (QED) is 0.586. The van der Waals surface area contributed by atoms with Crippen LogP contribution in [0.2, 0.25) is 0 Å². The van der Waals surface area contributed by atoms with Gasteiger partial charge in [0.1, 0.15) is 0 Å². The Morgan fingerprint density at radius 1 is 1.45 bits per heavy atom. The number of allylic oxidation sites excluding steroid dienone is 2. The topological polar surface area (TPSA) is 20.2 Å². The Balaban J connectivity index is 2.67. The van der Waals surface area contributed by atoms with Gasteiger partial charge in [-0.2, -0.15) is 13.2 Å². The molecule has 0 bridgehead atoms. The van der Waals surface area contributed by atoms with Crippen LogP contribution in [0.25, 0.3) is 0 Å². The monoisotopic (exact) mass is 166 g/mol. The molecule has 1 aliphatic rings. The van der Waals surface area contributed by atoms with E-state index in [1.807, 2.05) is 0 Å². The molecule has 1 N–H and O–H groups in total. The first kappa shape index (κ1) is 8.43. The fourth-order valence-corrected chi connectivity index (χ4v) is 1.16. The van der Waals surface area contributed by atoms with E-state index in [-0.39, 0.29) is 12.2 Å². The van der Waals surface area contributed by atoms with Gasteiger partial charge in [0.25, 0.3) is 0 Å². The molecule has 1 rings (SSSR count). The highest BCUT2D eigenvalue weighted by atomic mass is 19.4. The molecule has 0 aromatic heterocycles. The Kier molecular flexibility index (Phi) is 2.11. The molecule has 1 atom stereocenters. The van der Waals surface area contributed by atoms with E-state index in [1.54, 1.807) is 0 Å². The van der Waals surface area contributed by atoms with Crippen molar-refractivity contribution in [2.75, 3.05) is 0 Å². The molecular weight excluding hydrogens is 157 g/mol. The summed E-state index contributed by atoms with van der Waals surface area (Å²) < 4.78 is 35.9. The molecule has 0 radical (unpaired) electrons. The van der Waals surface area contributed by atoms with E-state index in [4.69, 9.17) is 5.11 Å². The number of aliphatic hydroxyl groups excluding tert-OH is 1. The normalized spacial score (nSPS) is 26.5. The lowest BCUT2D eigenvalue weighted by molar-refractivity contribution is -0.164. The molecule has 0 aromatic carbocycles. The minimum absolute atomic E-state index is 0.105. The van der Waals surface area contributed by atoms with E-state index in [2.05, 4.69) is 0 Å². The molecule has 0 spiro atoms. The average Bonchev–Trinajstić information content (AvgIpc) is 1.86. The third-order valence-corrected chi connectivity index (χ3v) is 1.76. The van der Waals surface area contributed by atoms with Crippen molar-refractivity contribution in [3.8, 4) is 0 Å². The molecule has 4 heteroatoms. The summed E-state index contributed by atoms with van der Waals surface area (Å²) in [5.41, 5.74) is 0. The van der Waals surface area contributed by atoms with Crippen LogP contribution in [-0.2, 0) is 0 Å². The van der Waals surface area contributed by atoms with Crippen LogP contribution in [0.5, 0.6) is 0 Å². The van der Waals surface area contributed by atoms with Gasteiger partial charge >= 0.3 is 6.18 Å². The number of hydrogen-bond acceptors (Lipinski definition) is 1. The van der Waals surface area contributed by atoms with E-state index >= 15 is 0 Å². The van der Waals surface area contributed by atoms with E-state index in [0.717, 1.165) is 6.08 Å². The molecule has 0 heterocycles. The SMILES string of the molecule is OC1=CC(C(F)(F)F)CCC1. The van der Waals surface area contributed by atoms with Gasteiger partial charge in [0.15, 0.2) is 0 Å². The molecule has 0 saturated carbocycles. The summed E-state index contributed by atoms with van der Waals surface area (Å²) in [7, 11) is 0. The minimum atomic E-state index is -4.19. The smallest absolute Gasteiger partial charge is 0.395 e. The zero-order valence-corrected chi connectivity index (χ0v) is 5.86. The highest BCUT2D eigenvalue weighted by molar-refractivity contribution is 5.01. The van der Waals surface area contributed by atoms with Gasteiger partial charge in [0.2, 0.25) is 0 Å². The zero-order valence-electron chi connectivity index (χ0n) is 5.86. The van der Waals surface area contributed by atoms with Gasteiger partial charge in [0.05, 0.1) is 11.7 Å². The maximum absolute atomic E-state index is 12.0. The van der Waals surface area contributed by atoms with Crippen molar-refractivity contribution in [3.63, 3.8) is 0 Å². The van der Waals surface area contributed by atoms with Gasteiger partial charge < -0.3 is 5.11 Å². The Morgan fingerprint density at radius 3 is 2.45 bits per heavy atom. The Bertz CT molecular complexity index is 171. The summed E-state index contributed by atoms with van der Waals surface area (Å²) in [6.07, 6.45) is -2.37. The van der Waals surface area contributed by atoms with Gasteiger partial charge in [-0.1, -0.05) is 0 Å². The average molecular weight is 166 g/mol. The Labute approximate surface area is 62.5 Å². The van der Waals surface area contributed by atoms with Crippen molar-refractivity contribution >= 4 is 0 Å². The molecule has 11 heavy (non-hydrogen) atoms. The number of hydrogen-bond donors (Lipinski definition) is 1. The molecule has 0 fully saturated rings. The fraction of sp³-hybridized carbons (Fsp3) is 0.714. The van der Waals surface area contributed by atoms with Gasteiger partial charge in [0, 0.05) is 6.42 Å². The van der Waals surface area contributed by atoms with Crippen LogP contribution in [0.4, 0.5) is 13.2 Å². The third-order valence-electron chi connectivity index (χ3n) is 1.76. The number of alkyl halides is 3. The Hall–Kier alpha value is -0.670. The van der Waals surface area contributed by atoms with Gasteiger partial charge in [-0.05, 0) is 18.9 Å². The van der Waals surface area contributed by atoms with E-state index < -0.39 is 12.1 Å². The highest BCUT2D eigenvalue weighted by Gasteiger charge is 2.39. The van der Waals surface area contributed by atoms with Crippen LogP contribution in [-0.4, -0.2) is 11.3 Å². The fourth-order valence-electron chi connectivity index (χ4n) is 1.16. The van der Waals surface area contributed by atoms with Crippen LogP contribution < -0.4 is 0 Å². The largest absolute Gasteiger partial charge is 0.513 e. The van der Waals surface area contributed by atoms with Crippen molar-refractivity contribution in [1.82, 2.24) is 0 Å². The first-order valence-corrected chi connectivity index (χ1v) is 3.46. The summed E-state index contributed by atoms with van der Waals surface area (Å²) in [4.78, 5) is 0. The van der Waals surface area contributed by atoms with Gasteiger partial charge in [-0.15, -0.1) is 0 Å². The second kappa shape index (κ2) is 2.75. The van der Waals surface area contributed by atoms with Crippen molar-refractivity contribution in [2.45, 2.75) is 25.4 Å². The van der Waals surface area contributed by atoms with Gasteiger partial charge in [-0.3, -0.25) is 0 Å². The highest BCUT2D eigenvalue weighted by Crippen LogP contribution is 2.35. The van der Waals surface area contributed by atoms with Crippen molar-refractivity contribution in [1.29, 1.82) is 0 Å². The summed E-state index contributed by atoms with van der Waals surface area (Å²) in [6, 6.07) is 0. The molecule has 64 valence electrons. The summed E-state index contributed by atoms with van der Waals surface area (Å²) in [5.74, 6) is -1.56. The second-order valence-corrected chi connectivity index (χ2v) is 2.70. The molecular formula is C7H9F3O. The molecule has 1 aliphatic carbocycles. The third kappa shape index (κ3) is 2.13. The van der Waals surface area contributed by atoms with Crippen LogP contribution >= 0.6 is 0 Å². The van der Waals surface area contributed by atoms with Crippen LogP contribution in [0.3, 0.4) is 0 Å². The molecule has 1 unspecified atom stereocenters. The number of aliphatic hydroxyl groups is 1. The lowest BCUT2D eigenvalue weighted by atomic mass is 9.94. The van der Waals surface area contributed by atoms with Crippen molar-refractivity contribution < 1.29 is 18.3 Å². The van der Waals surface area contributed by atoms with Crippen LogP contribution in [0.1, 0.15) is 19.3 Å². The van der Waals surface area contributed by atoms with Crippen molar-refractivity contribution in [2.24, 2.45) is 5.92 Å².